The first-order valence-corrected chi connectivity index (χ1v) is 6.56. The minimum Gasteiger partial charge on any atom is -0.478 e. The minimum atomic E-state index is -1.02. The molecule has 1 amide bonds. The fourth-order valence-electron chi connectivity index (χ4n) is 1.16. The Labute approximate surface area is 110 Å². The van der Waals surface area contributed by atoms with Crippen molar-refractivity contribution in [1.82, 2.24) is 4.98 Å². The van der Waals surface area contributed by atoms with Gasteiger partial charge in [0.1, 0.15) is 0 Å². The molecule has 0 bridgehead atoms. The van der Waals surface area contributed by atoms with E-state index in [1.54, 1.807) is 23.7 Å². The van der Waals surface area contributed by atoms with Crippen LogP contribution in [-0.2, 0) is 4.79 Å². The van der Waals surface area contributed by atoms with Gasteiger partial charge in [-0.3, -0.25) is 10.1 Å². The number of rotatable bonds is 4. The second-order valence-electron chi connectivity index (χ2n) is 3.16. The van der Waals surface area contributed by atoms with Crippen LogP contribution in [0.2, 0.25) is 0 Å². The van der Waals surface area contributed by atoms with Crippen molar-refractivity contribution in [1.29, 1.82) is 0 Å². The second kappa shape index (κ2) is 5.56. The van der Waals surface area contributed by atoms with Crippen LogP contribution < -0.4 is 5.32 Å². The predicted molar refractivity (Wildman–Crippen MR) is 71.1 cm³/mol. The van der Waals surface area contributed by atoms with Crippen molar-refractivity contribution >= 4 is 45.8 Å². The molecule has 0 saturated carbocycles. The van der Waals surface area contributed by atoms with Gasteiger partial charge in [-0.15, -0.1) is 22.7 Å². The van der Waals surface area contributed by atoms with Gasteiger partial charge in [-0.2, -0.15) is 0 Å². The van der Waals surface area contributed by atoms with E-state index in [0.717, 1.165) is 6.08 Å². The van der Waals surface area contributed by atoms with Crippen LogP contribution in [0.15, 0.2) is 29.8 Å². The second-order valence-corrected chi connectivity index (χ2v) is 5.17. The van der Waals surface area contributed by atoms with Crippen molar-refractivity contribution in [2.24, 2.45) is 0 Å². The van der Waals surface area contributed by atoms with Crippen LogP contribution in [0.4, 0.5) is 5.13 Å². The van der Waals surface area contributed by atoms with Crippen LogP contribution in [0.5, 0.6) is 0 Å². The molecule has 0 aliphatic rings. The van der Waals surface area contributed by atoms with E-state index in [1.165, 1.54) is 28.7 Å². The Balaban J connectivity index is 2.05. The van der Waals surface area contributed by atoms with Crippen molar-refractivity contribution in [3.05, 3.63) is 39.5 Å². The summed E-state index contributed by atoms with van der Waals surface area (Å²) in [5.41, 5.74) is 0. The van der Waals surface area contributed by atoms with E-state index >= 15 is 0 Å². The highest BCUT2D eigenvalue weighted by Gasteiger charge is 2.09. The van der Waals surface area contributed by atoms with Crippen molar-refractivity contribution in [3.8, 4) is 0 Å². The summed E-state index contributed by atoms with van der Waals surface area (Å²) in [4.78, 5) is 27.3. The molecule has 5 nitrogen and oxygen atoms in total. The van der Waals surface area contributed by atoms with Gasteiger partial charge in [0, 0.05) is 22.5 Å². The largest absolute Gasteiger partial charge is 0.478 e. The van der Waals surface area contributed by atoms with Crippen molar-refractivity contribution < 1.29 is 14.7 Å². The number of aromatic nitrogens is 1. The van der Waals surface area contributed by atoms with Crippen LogP contribution in [0, 0.1) is 0 Å². The van der Waals surface area contributed by atoms with Crippen molar-refractivity contribution in [3.63, 3.8) is 0 Å². The monoisotopic (exact) mass is 280 g/mol. The summed E-state index contributed by atoms with van der Waals surface area (Å²) in [5, 5.41) is 13.5. The molecule has 0 aliphatic heterocycles. The molecule has 0 aromatic carbocycles. The Morgan fingerprint density at radius 2 is 2.22 bits per heavy atom. The SMILES string of the molecule is O=C(O)/C=C/c1ccc(C(=O)Nc2nccs2)s1. The van der Waals surface area contributed by atoms with Gasteiger partial charge in [0.05, 0.1) is 4.88 Å². The smallest absolute Gasteiger partial charge is 0.328 e. The van der Waals surface area contributed by atoms with Gasteiger partial charge in [0.15, 0.2) is 5.13 Å². The Kier molecular flexibility index (Phi) is 3.85. The molecule has 2 aromatic heterocycles. The lowest BCUT2D eigenvalue weighted by Crippen LogP contribution is -2.09. The molecule has 0 unspecified atom stereocenters. The Hall–Kier alpha value is -1.99. The van der Waals surface area contributed by atoms with E-state index < -0.39 is 5.97 Å². The van der Waals surface area contributed by atoms with Crippen LogP contribution >= 0.6 is 22.7 Å². The third-order valence-corrected chi connectivity index (χ3v) is 3.63. The number of hydrogen-bond acceptors (Lipinski definition) is 5. The van der Waals surface area contributed by atoms with E-state index in [2.05, 4.69) is 10.3 Å². The van der Waals surface area contributed by atoms with Crippen molar-refractivity contribution in [2.75, 3.05) is 5.32 Å². The molecular formula is C11H8N2O3S2. The number of nitrogens with zero attached hydrogens (tertiary/aromatic N) is 1. The van der Waals surface area contributed by atoms with Crippen molar-refractivity contribution in [2.45, 2.75) is 0 Å². The van der Waals surface area contributed by atoms with E-state index in [4.69, 9.17) is 5.11 Å². The highest BCUT2D eigenvalue weighted by Crippen LogP contribution is 2.20. The molecule has 0 aliphatic carbocycles. The Morgan fingerprint density at radius 3 is 2.89 bits per heavy atom. The maximum atomic E-state index is 11.8. The zero-order valence-corrected chi connectivity index (χ0v) is 10.6. The van der Waals surface area contributed by atoms with Gasteiger partial charge in [0.2, 0.25) is 0 Å². The molecule has 2 rings (SSSR count). The molecule has 18 heavy (non-hydrogen) atoms. The van der Waals surface area contributed by atoms with Gasteiger partial charge in [-0.25, -0.2) is 9.78 Å². The van der Waals surface area contributed by atoms with E-state index in [-0.39, 0.29) is 5.91 Å². The fraction of sp³-hybridized carbons (Fsp3) is 0. The number of carbonyl (C=O) groups is 2. The fourth-order valence-corrected chi connectivity index (χ4v) is 2.49. The number of carbonyl (C=O) groups excluding carboxylic acids is 1. The zero-order valence-electron chi connectivity index (χ0n) is 8.99. The number of thiazole rings is 1. The van der Waals surface area contributed by atoms with Crippen LogP contribution in [0.25, 0.3) is 6.08 Å². The summed E-state index contributed by atoms with van der Waals surface area (Å²) >= 11 is 2.56. The number of nitrogens with one attached hydrogen (secondary N) is 1. The topological polar surface area (TPSA) is 79.3 Å². The Bertz CT molecular complexity index is 587. The highest BCUT2D eigenvalue weighted by atomic mass is 32.1. The molecule has 92 valence electrons. The molecule has 0 spiro atoms. The summed E-state index contributed by atoms with van der Waals surface area (Å²) in [6.07, 6.45) is 4.09. The maximum absolute atomic E-state index is 11.8. The van der Waals surface area contributed by atoms with Gasteiger partial charge >= 0.3 is 5.97 Å². The maximum Gasteiger partial charge on any atom is 0.328 e. The number of anilines is 1. The minimum absolute atomic E-state index is 0.245. The zero-order chi connectivity index (χ0) is 13.0. The number of amides is 1. The normalized spacial score (nSPS) is 10.7. The molecule has 2 N–H and O–H groups in total. The van der Waals surface area contributed by atoms with Gasteiger partial charge in [-0.1, -0.05) is 0 Å². The van der Waals surface area contributed by atoms with E-state index in [0.29, 0.717) is 14.9 Å². The average Bonchev–Trinajstić information content (AvgIpc) is 2.96. The first-order valence-electron chi connectivity index (χ1n) is 4.87. The summed E-state index contributed by atoms with van der Waals surface area (Å²) < 4.78 is 0. The molecule has 0 radical (unpaired) electrons. The number of carboxylic acid groups (broad SMARTS) is 1. The van der Waals surface area contributed by atoms with E-state index in [1.807, 2.05) is 0 Å². The number of aliphatic carboxylic acids is 1. The quantitative estimate of drug-likeness (QED) is 0.843. The van der Waals surface area contributed by atoms with E-state index in [9.17, 15) is 9.59 Å². The lowest BCUT2D eigenvalue weighted by molar-refractivity contribution is -0.131. The standard InChI is InChI=1S/C11H8N2O3S2/c14-9(15)4-2-7-1-3-8(18-7)10(16)13-11-12-5-6-17-11/h1-6H,(H,14,15)(H,12,13,16)/b4-2+. The summed E-state index contributed by atoms with van der Waals surface area (Å²) in [6.45, 7) is 0. The molecular weight excluding hydrogens is 272 g/mol. The lowest BCUT2D eigenvalue weighted by Gasteiger charge is -1.96. The number of thiophene rings is 1. The van der Waals surface area contributed by atoms with Gasteiger partial charge in [-0.05, 0) is 18.2 Å². The predicted octanol–water partition coefficient (Wildman–Crippen LogP) is 2.55. The molecule has 0 fully saturated rings. The molecule has 0 atom stereocenters. The molecule has 2 aromatic rings. The molecule has 2 heterocycles. The highest BCUT2D eigenvalue weighted by molar-refractivity contribution is 7.15. The first-order chi connectivity index (χ1) is 8.65. The Morgan fingerprint density at radius 1 is 1.39 bits per heavy atom. The third kappa shape index (κ3) is 3.25. The lowest BCUT2D eigenvalue weighted by atomic mass is 10.4. The van der Waals surface area contributed by atoms with Crippen LogP contribution in [-0.4, -0.2) is 22.0 Å². The number of carboxylic acids is 1. The van der Waals surface area contributed by atoms with Gasteiger partial charge < -0.3 is 5.11 Å². The van der Waals surface area contributed by atoms with Crippen LogP contribution in [0.3, 0.4) is 0 Å². The molecule has 7 heteroatoms. The summed E-state index contributed by atoms with van der Waals surface area (Å²) in [7, 11) is 0. The first kappa shape index (κ1) is 12.5. The average molecular weight is 280 g/mol. The third-order valence-electron chi connectivity index (χ3n) is 1.89. The van der Waals surface area contributed by atoms with Gasteiger partial charge in [0.25, 0.3) is 5.91 Å². The summed E-state index contributed by atoms with van der Waals surface area (Å²) in [5.74, 6) is -1.26. The van der Waals surface area contributed by atoms with Crippen LogP contribution in [0.1, 0.15) is 14.5 Å². The number of hydrogen-bond donors (Lipinski definition) is 2. The molecule has 0 saturated heterocycles. The summed E-state index contributed by atoms with van der Waals surface area (Å²) in [6, 6.07) is 3.34.